The Hall–Kier alpha value is -0.706. The van der Waals surface area contributed by atoms with Crippen molar-refractivity contribution in [1.29, 1.82) is 0 Å². The molecule has 8 heteroatoms. The third kappa shape index (κ3) is 7.45. The van der Waals surface area contributed by atoms with E-state index in [2.05, 4.69) is 24.4 Å². The zero-order chi connectivity index (χ0) is 14.3. The van der Waals surface area contributed by atoms with Crippen LogP contribution in [0.3, 0.4) is 0 Å². The van der Waals surface area contributed by atoms with Gasteiger partial charge < -0.3 is 23.1 Å². The number of hydrogen-bond donors (Lipinski definition) is 0. The molecule has 1 saturated heterocycles. The molecular formula is C11H21O6Si2. The van der Waals surface area contributed by atoms with E-state index in [0.29, 0.717) is 13.2 Å². The van der Waals surface area contributed by atoms with Crippen molar-refractivity contribution >= 4 is 29.4 Å². The zero-order valence-corrected chi connectivity index (χ0v) is 13.6. The third-order valence-corrected chi connectivity index (χ3v) is 6.84. The van der Waals surface area contributed by atoms with E-state index in [9.17, 15) is 9.59 Å². The second kappa shape index (κ2) is 7.78. The van der Waals surface area contributed by atoms with Crippen molar-refractivity contribution in [1.82, 2.24) is 0 Å². The van der Waals surface area contributed by atoms with Gasteiger partial charge in [0.1, 0.15) is 12.5 Å². The molecule has 0 spiro atoms. The number of carbonyl (C=O) groups excluding carboxylic acids is 2. The van der Waals surface area contributed by atoms with Crippen LogP contribution in [-0.2, 0) is 23.1 Å². The summed E-state index contributed by atoms with van der Waals surface area (Å²) in [5.74, 6) is 0.954. The summed E-state index contributed by atoms with van der Waals surface area (Å²) in [5.41, 5.74) is 0. The normalized spacial score (nSPS) is 19.4. The smallest absolute Gasteiger partial charge is 0.451 e. The first-order valence-electron chi connectivity index (χ1n) is 6.32. The van der Waals surface area contributed by atoms with E-state index < -0.39 is 23.5 Å². The molecule has 0 aliphatic carbocycles. The quantitative estimate of drug-likeness (QED) is 0.278. The Morgan fingerprint density at radius 1 is 1.47 bits per heavy atom. The zero-order valence-electron chi connectivity index (χ0n) is 11.6. The fraction of sp³-hybridized carbons (Fsp3) is 0.818. The van der Waals surface area contributed by atoms with E-state index in [1.54, 1.807) is 0 Å². The summed E-state index contributed by atoms with van der Waals surface area (Å²) in [6.45, 7) is 7.35. The Morgan fingerprint density at radius 3 is 2.74 bits per heavy atom. The maximum absolute atomic E-state index is 10.9. The Balaban J connectivity index is 2.06. The molecule has 0 amide bonds. The molecular weight excluding hydrogens is 284 g/mol. The van der Waals surface area contributed by atoms with Gasteiger partial charge in [0.05, 0.1) is 6.61 Å². The molecule has 1 aliphatic heterocycles. The minimum Gasteiger partial charge on any atom is -0.451 e. The van der Waals surface area contributed by atoms with E-state index in [0.717, 1.165) is 18.4 Å². The van der Waals surface area contributed by atoms with Gasteiger partial charge in [0, 0.05) is 6.61 Å². The van der Waals surface area contributed by atoms with Crippen molar-refractivity contribution in [2.75, 3.05) is 19.8 Å². The van der Waals surface area contributed by atoms with Crippen LogP contribution in [0, 0.1) is 0 Å². The van der Waals surface area contributed by atoms with Gasteiger partial charge in [-0.05, 0) is 32.1 Å². The summed E-state index contributed by atoms with van der Waals surface area (Å²) in [6.07, 6.45) is -0.163. The molecule has 1 rings (SSSR count). The van der Waals surface area contributed by atoms with Crippen molar-refractivity contribution in [3.8, 4) is 0 Å². The predicted octanol–water partition coefficient (Wildman–Crippen LogP) is 1.54. The van der Waals surface area contributed by atoms with Crippen LogP contribution in [0.2, 0.25) is 25.7 Å². The summed E-state index contributed by atoms with van der Waals surface area (Å²) < 4.78 is 20.7. The van der Waals surface area contributed by atoms with Crippen LogP contribution in [-0.4, -0.2) is 55.3 Å². The molecule has 1 fully saturated rings. The first-order chi connectivity index (χ1) is 8.90. The van der Waals surface area contributed by atoms with Gasteiger partial charge in [-0.15, -0.1) is 0 Å². The lowest BCUT2D eigenvalue weighted by molar-refractivity contribution is 0.0461. The lowest BCUT2D eigenvalue weighted by atomic mass is 10.4. The Kier molecular flexibility index (Phi) is 6.69. The van der Waals surface area contributed by atoms with Crippen LogP contribution in [0.4, 0.5) is 4.79 Å². The Bertz CT molecular complexity index is 304. The van der Waals surface area contributed by atoms with Gasteiger partial charge in [0.15, 0.2) is 14.4 Å². The maximum atomic E-state index is 10.9. The van der Waals surface area contributed by atoms with Crippen molar-refractivity contribution in [2.24, 2.45) is 0 Å². The van der Waals surface area contributed by atoms with Crippen LogP contribution in [0.1, 0.15) is 6.42 Å². The van der Waals surface area contributed by atoms with Gasteiger partial charge >= 0.3 is 6.16 Å². The third-order valence-electron chi connectivity index (χ3n) is 2.23. The fourth-order valence-electron chi connectivity index (χ4n) is 1.54. The van der Waals surface area contributed by atoms with Crippen molar-refractivity contribution in [3.63, 3.8) is 0 Å². The first kappa shape index (κ1) is 16.3. The highest BCUT2D eigenvalue weighted by atomic mass is 28.4. The summed E-state index contributed by atoms with van der Waals surface area (Å²) >= 11 is 0. The molecule has 109 valence electrons. The standard InChI is InChI=1S/C11H21O6Si2/c1-19(2,3)17-18(9-12)6-4-5-14-7-10-8-15-11(13)16-10/h9-10H,4-8H2,1-3H3. The second-order valence-electron chi connectivity index (χ2n) is 5.28. The lowest BCUT2D eigenvalue weighted by Gasteiger charge is -2.21. The molecule has 0 aromatic heterocycles. The summed E-state index contributed by atoms with van der Waals surface area (Å²) in [6, 6.07) is 0.749. The number of carbonyl (C=O) groups is 2. The van der Waals surface area contributed by atoms with Crippen LogP contribution < -0.4 is 0 Å². The van der Waals surface area contributed by atoms with Gasteiger partial charge in [0.25, 0.3) is 9.04 Å². The summed E-state index contributed by atoms with van der Waals surface area (Å²) in [4.78, 5) is 21.6. The predicted molar refractivity (Wildman–Crippen MR) is 73.4 cm³/mol. The molecule has 1 unspecified atom stereocenters. The highest BCUT2D eigenvalue weighted by Crippen LogP contribution is 2.09. The van der Waals surface area contributed by atoms with Crippen LogP contribution >= 0.6 is 0 Å². The van der Waals surface area contributed by atoms with Crippen molar-refractivity contribution < 1.29 is 27.9 Å². The van der Waals surface area contributed by atoms with E-state index in [1.807, 2.05) is 0 Å². The van der Waals surface area contributed by atoms with Crippen molar-refractivity contribution in [3.05, 3.63) is 0 Å². The first-order valence-corrected chi connectivity index (χ1v) is 11.4. The largest absolute Gasteiger partial charge is 0.508 e. The number of cyclic esters (lactones) is 2. The van der Waals surface area contributed by atoms with Gasteiger partial charge in [-0.25, -0.2) is 4.79 Å². The minimum absolute atomic E-state index is 0.251. The lowest BCUT2D eigenvalue weighted by Crippen LogP contribution is -2.36. The molecule has 6 nitrogen and oxygen atoms in total. The van der Waals surface area contributed by atoms with Crippen LogP contribution in [0.5, 0.6) is 0 Å². The van der Waals surface area contributed by atoms with Gasteiger partial charge in [-0.2, -0.15) is 0 Å². The van der Waals surface area contributed by atoms with Gasteiger partial charge in [-0.3, -0.25) is 0 Å². The topological polar surface area (TPSA) is 71.1 Å². The number of rotatable bonds is 9. The van der Waals surface area contributed by atoms with Crippen molar-refractivity contribution in [2.45, 2.75) is 38.2 Å². The van der Waals surface area contributed by atoms with E-state index in [4.69, 9.17) is 13.6 Å². The van der Waals surface area contributed by atoms with Crippen LogP contribution in [0.25, 0.3) is 0 Å². The molecule has 1 heterocycles. The van der Waals surface area contributed by atoms with Crippen LogP contribution in [0.15, 0.2) is 0 Å². The molecule has 0 N–H and O–H groups in total. The Morgan fingerprint density at radius 2 is 2.21 bits per heavy atom. The van der Waals surface area contributed by atoms with E-state index in [-0.39, 0.29) is 12.7 Å². The minimum atomic E-state index is -1.64. The Labute approximate surface area is 116 Å². The molecule has 1 atom stereocenters. The number of hydrogen-bond acceptors (Lipinski definition) is 6. The molecule has 0 bridgehead atoms. The molecule has 1 aliphatic rings. The average molecular weight is 305 g/mol. The molecule has 1 radical (unpaired) electrons. The summed E-state index contributed by atoms with van der Waals surface area (Å²) in [7, 11) is -3.00. The highest BCUT2D eigenvalue weighted by molar-refractivity contribution is 6.88. The second-order valence-corrected chi connectivity index (χ2v) is 12.0. The highest BCUT2D eigenvalue weighted by Gasteiger charge is 2.25. The molecule has 0 saturated carbocycles. The fourth-order valence-corrected chi connectivity index (χ4v) is 5.90. The SMILES string of the molecule is C[Si](C)(C)O[Si](C=O)CCCOCC1COC(=O)O1. The molecule has 19 heavy (non-hydrogen) atoms. The molecule has 0 aromatic carbocycles. The summed E-state index contributed by atoms with van der Waals surface area (Å²) in [5, 5.41) is 0. The number of ether oxygens (including phenoxy) is 3. The van der Waals surface area contributed by atoms with E-state index >= 15 is 0 Å². The maximum Gasteiger partial charge on any atom is 0.508 e. The van der Waals surface area contributed by atoms with Gasteiger partial charge in [0.2, 0.25) is 0 Å². The van der Waals surface area contributed by atoms with E-state index in [1.165, 1.54) is 0 Å². The molecule has 0 aromatic rings. The van der Waals surface area contributed by atoms with Gasteiger partial charge in [-0.1, -0.05) is 0 Å². The average Bonchev–Trinajstić information content (AvgIpc) is 2.71. The monoisotopic (exact) mass is 305 g/mol.